The molecule has 26 heavy (non-hydrogen) atoms. The molecule has 136 valence electrons. The highest BCUT2D eigenvalue weighted by atomic mass is 19.1. The Morgan fingerprint density at radius 3 is 2.58 bits per heavy atom. The predicted molar refractivity (Wildman–Crippen MR) is 98.2 cm³/mol. The highest BCUT2D eigenvalue weighted by Crippen LogP contribution is 2.44. The first-order valence-electron chi connectivity index (χ1n) is 9.41. The average Bonchev–Trinajstić information content (AvgIpc) is 3.52. The van der Waals surface area contributed by atoms with Gasteiger partial charge in [-0.05, 0) is 36.3 Å². The van der Waals surface area contributed by atoms with E-state index >= 15 is 0 Å². The minimum absolute atomic E-state index is 0.149. The summed E-state index contributed by atoms with van der Waals surface area (Å²) in [7, 11) is 0. The van der Waals surface area contributed by atoms with Gasteiger partial charge in [-0.15, -0.1) is 0 Å². The van der Waals surface area contributed by atoms with Crippen LogP contribution in [0.1, 0.15) is 42.4 Å². The van der Waals surface area contributed by atoms with Crippen LogP contribution in [0.2, 0.25) is 0 Å². The van der Waals surface area contributed by atoms with Gasteiger partial charge in [0, 0.05) is 18.5 Å². The van der Waals surface area contributed by atoms with Crippen LogP contribution in [0.15, 0.2) is 54.6 Å². The van der Waals surface area contributed by atoms with E-state index < -0.39 is 0 Å². The van der Waals surface area contributed by atoms with E-state index in [1.165, 1.54) is 24.5 Å². The Labute approximate surface area is 153 Å². The monoisotopic (exact) mass is 353 g/mol. The summed E-state index contributed by atoms with van der Waals surface area (Å²) in [6.45, 7) is 1.45. The molecule has 0 bridgehead atoms. The molecule has 2 atom stereocenters. The molecule has 1 heterocycles. The van der Waals surface area contributed by atoms with Crippen LogP contribution in [-0.4, -0.2) is 30.5 Å². The fourth-order valence-electron chi connectivity index (χ4n) is 3.87. The third-order valence-corrected chi connectivity index (χ3v) is 5.48. The lowest BCUT2D eigenvalue weighted by Gasteiger charge is -2.34. The molecule has 3 nitrogen and oxygen atoms in total. The SMILES string of the molecule is O=C(CC(c1ccccc1)C1CC1)N1CCOC(c2ccccc2F)C1. The summed E-state index contributed by atoms with van der Waals surface area (Å²) in [5, 5.41) is 0. The lowest BCUT2D eigenvalue weighted by molar-refractivity contribution is -0.139. The molecule has 1 aliphatic heterocycles. The second kappa shape index (κ2) is 7.58. The van der Waals surface area contributed by atoms with Crippen LogP contribution in [0.25, 0.3) is 0 Å². The standard InChI is InChI=1S/C22H24FNO2/c23-20-9-5-4-8-18(20)21-15-24(12-13-26-21)22(25)14-19(17-10-11-17)16-6-2-1-3-7-16/h1-9,17,19,21H,10-15H2. The third-order valence-electron chi connectivity index (χ3n) is 5.48. The van der Waals surface area contributed by atoms with Crippen molar-refractivity contribution in [2.75, 3.05) is 19.7 Å². The van der Waals surface area contributed by atoms with Gasteiger partial charge in [0.25, 0.3) is 0 Å². The van der Waals surface area contributed by atoms with Gasteiger partial charge in [-0.25, -0.2) is 4.39 Å². The normalized spacial score (nSPS) is 21.4. The van der Waals surface area contributed by atoms with Crippen molar-refractivity contribution in [2.24, 2.45) is 5.92 Å². The maximum absolute atomic E-state index is 14.1. The molecule has 1 amide bonds. The van der Waals surface area contributed by atoms with Crippen LogP contribution in [0.3, 0.4) is 0 Å². The number of halogens is 1. The number of carbonyl (C=O) groups excluding carboxylic acids is 1. The Hall–Kier alpha value is -2.20. The number of amides is 1. The summed E-state index contributed by atoms with van der Waals surface area (Å²) >= 11 is 0. The number of benzene rings is 2. The van der Waals surface area contributed by atoms with Gasteiger partial charge in [-0.1, -0.05) is 48.5 Å². The Balaban J connectivity index is 1.45. The van der Waals surface area contributed by atoms with Gasteiger partial charge < -0.3 is 9.64 Å². The molecule has 2 fully saturated rings. The van der Waals surface area contributed by atoms with Crippen molar-refractivity contribution >= 4 is 5.91 Å². The first kappa shape index (κ1) is 17.2. The summed E-state index contributed by atoms with van der Waals surface area (Å²) in [6.07, 6.45) is 2.55. The fraction of sp³-hybridized carbons (Fsp3) is 0.409. The minimum atomic E-state index is -0.384. The smallest absolute Gasteiger partial charge is 0.223 e. The van der Waals surface area contributed by atoms with Crippen molar-refractivity contribution in [1.29, 1.82) is 0 Å². The Morgan fingerprint density at radius 1 is 1.12 bits per heavy atom. The van der Waals surface area contributed by atoms with Gasteiger partial charge in [-0.3, -0.25) is 4.79 Å². The van der Waals surface area contributed by atoms with Gasteiger partial charge >= 0.3 is 0 Å². The number of carbonyl (C=O) groups is 1. The van der Waals surface area contributed by atoms with Crippen molar-refractivity contribution in [3.05, 3.63) is 71.5 Å². The van der Waals surface area contributed by atoms with E-state index in [1.807, 2.05) is 23.1 Å². The first-order chi connectivity index (χ1) is 12.7. The zero-order valence-electron chi connectivity index (χ0n) is 14.8. The molecule has 0 aromatic heterocycles. The molecule has 1 saturated carbocycles. The highest BCUT2D eigenvalue weighted by Gasteiger charge is 2.35. The van der Waals surface area contributed by atoms with E-state index in [0.29, 0.717) is 43.5 Å². The molecule has 2 aromatic carbocycles. The Morgan fingerprint density at radius 2 is 1.85 bits per heavy atom. The molecular weight excluding hydrogens is 329 g/mol. The van der Waals surface area contributed by atoms with E-state index in [0.717, 1.165) is 0 Å². The number of hydrogen-bond donors (Lipinski definition) is 0. The zero-order chi connectivity index (χ0) is 17.9. The summed E-state index contributed by atoms with van der Waals surface area (Å²) in [5.74, 6) is 0.783. The van der Waals surface area contributed by atoms with E-state index in [9.17, 15) is 9.18 Å². The van der Waals surface area contributed by atoms with Crippen molar-refractivity contribution in [1.82, 2.24) is 4.90 Å². The number of nitrogens with zero attached hydrogens (tertiary/aromatic N) is 1. The molecule has 0 radical (unpaired) electrons. The molecule has 0 spiro atoms. The van der Waals surface area contributed by atoms with E-state index in [-0.39, 0.29) is 17.8 Å². The summed E-state index contributed by atoms with van der Waals surface area (Å²) in [6, 6.07) is 17.0. The largest absolute Gasteiger partial charge is 0.370 e. The second-order valence-corrected chi connectivity index (χ2v) is 7.28. The van der Waals surface area contributed by atoms with Gasteiger partial charge in [0.1, 0.15) is 11.9 Å². The van der Waals surface area contributed by atoms with Crippen molar-refractivity contribution < 1.29 is 13.9 Å². The molecule has 2 aromatic rings. The van der Waals surface area contributed by atoms with Gasteiger partial charge in [0.15, 0.2) is 0 Å². The number of ether oxygens (including phenoxy) is 1. The van der Waals surface area contributed by atoms with Gasteiger partial charge in [0.2, 0.25) is 5.91 Å². The lowest BCUT2D eigenvalue weighted by Crippen LogP contribution is -2.43. The molecule has 1 saturated heterocycles. The van der Waals surface area contributed by atoms with Gasteiger partial charge in [0.05, 0.1) is 13.2 Å². The maximum Gasteiger partial charge on any atom is 0.223 e. The van der Waals surface area contributed by atoms with Crippen LogP contribution in [0.4, 0.5) is 4.39 Å². The van der Waals surface area contributed by atoms with Crippen LogP contribution in [0, 0.1) is 11.7 Å². The number of rotatable bonds is 5. The Bertz CT molecular complexity index is 760. The predicted octanol–water partition coefficient (Wildman–Crippen LogP) is 4.31. The summed E-state index contributed by atoms with van der Waals surface area (Å²) in [4.78, 5) is 14.8. The van der Waals surface area contributed by atoms with Crippen LogP contribution < -0.4 is 0 Å². The Kier molecular flexibility index (Phi) is 5.02. The lowest BCUT2D eigenvalue weighted by atomic mass is 9.90. The van der Waals surface area contributed by atoms with E-state index in [2.05, 4.69) is 12.1 Å². The van der Waals surface area contributed by atoms with Crippen molar-refractivity contribution in [3.8, 4) is 0 Å². The van der Waals surface area contributed by atoms with Crippen LogP contribution >= 0.6 is 0 Å². The maximum atomic E-state index is 14.1. The van der Waals surface area contributed by atoms with Crippen molar-refractivity contribution in [3.63, 3.8) is 0 Å². The fourth-order valence-corrected chi connectivity index (χ4v) is 3.87. The van der Waals surface area contributed by atoms with Crippen molar-refractivity contribution in [2.45, 2.75) is 31.3 Å². The topological polar surface area (TPSA) is 29.5 Å². The molecule has 0 N–H and O–H groups in total. The molecular formula is C22H24FNO2. The summed E-state index contributed by atoms with van der Waals surface area (Å²) in [5.41, 5.74) is 1.79. The molecule has 1 aliphatic carbocycles. The first-order valence-corrected chi connectivity index (χ1v) is 9.41. The number of hydrogen-bond acceptors (Lipinski definition) is 2. The minimum Gasteiger partial charge on any atom is -0.370 e. The second-order valence-electron chi connectivity index (χ2n) is 7.28. The van der Waals surface area contributed by atoms with Crippen LogP contribution in [-0.2, 0) is 9.53 Å². The quantitative estimate of drug-likeness (QED) is 0.802. The average molecular weight is 353 g/mol. The van der Waals surface area contributed by atoms with E-state index in [4.69, 9.17) is 4.74 Å². The molecule has 4 rings (SSSR count). The highest BCUT2D eigenvalue weighted by molar-refractivity contribution is 5.77. The van der Waals surface area contributed by atoms with Crippen LogP contribution in [0.5, 0.6) is 0 Å². The van der Waals surface area contributed by atoms with E-state index in [1.54, 1.807) is 18.2 Å². The molecule has 2 unspecified atom stereocenters. The number of morpholine rings is 1. The summed E-state index contributed by atoms with van der Waals surface area (Å²) < 4.78 is 19.8. The molecule has 2 aliphatic rings. The van der Waals surface area contributed by atoms with Gasteiger partial charge in [-0.2, -0.15) is 0 Å². The molecule has 4 heteroatoms. The zero-order valence-corrected chi connectivity index (χ0v) is 14.8. The third kappa shape index (κ3) is 3.80.